The minimum absolute atomic E-state index is 0.0314. The Kier molecular flexibility index (Phi) is 4.84. The first-order valence-electron chi connectivity index (χ1n) is 7.46. The first kappa shape index (κ1) is 18.8. The predicted octanol–water partition coefficient (Wildman–Crippen LogP) is 4.60. The molecule has 0 unspecified atom stereocenters. The lowest BCUT2D eigenvalue weighted by atomic mass is 10.0. The summed E-state index contributed by atoms with van der Waals surface area (Å²) in [5, 5.41) is 8.46. The molecule has 3 rings (SSSR count). The van der Waals surface area contributed by atoms with E-state index in [1.807, 2.05) is 0 Å². The monoisotopic (exact) mass is 398 g/mol. The molecular formula is C18H10ClF3O5. The van der Waals surface area contributed by atoms with E-state index in [1.54, 1.807) is 0 Å². The van der Waals surface area contributed by atoms with E-state index < -0.39 is 35.5 Å². The highest BCUT2D eigenvalue weighted by Gasteiger charge is 2.39. The predicted molar refractivity (Wildman–Crippen MR) is 91.1 cm³/mol. The van der Waals surface area contributed by atoms with E-state index in [-0.39, 0.29) is 27.3 Å². The normalized spacial score (nSPS) is 11.6. The number of fused-ring (bicyclic) bond motifs is 1. The van der Waals surface area contributed by atoms with Gasteiger partial charge in [0.15, 0.2) is 6.61 Å². The van der Waals surface area contributed by atoms with Gasteiger partial charge in [-0.15, -0.1) is 0 Å². The molecule has 0 amide bonds. The molecular weight excluding hydrogens is 389 g/mol. The number of carboxylic acid groups (broad SMARTS) is 1. The average molecular weight is 399 g/mol. The van der Waals surface area contributed by atoms with Crippen LogP contribution in [0.2, 0.25) is 5.02 Å². The standard InChI is InChI=1S/C18H10ClF3O5/c19-12-4-2-1-3-10(12)15-16(25)11-6-5-9(26-8-14(23)24)7-13(11)27-17(15)18(20,21)22/h1-7H,8H2,(H,23,24). The van der Waals surface area contributed by atoms with E-state index in [9.17, 15) is 22.8 Å². The van der Waals surface area contributed by atoms with Crippen LogP contribution in [0.1, 0.15) is 5.76 Å². The SMILES string of the molecule is O=C(O)COc1ccc2c(=O)c(-c3ccccc3Cl)c(C(F)(F)F)oc2c1. The summed E-state index contributed by atoms with van der Waals surface area (Å²) in [6, 6.07) is 9.14. The molecule has 9 heteroatoms. The highest BCUT2D eigenvalue weighted by molar-refractivity contribution is 6.33. The highest BCUT2D eigenvalue weighted by Crippen LogP contribution is 2.39. The molecule has 0 fully saturated rings. The Balaban J connectivity index is 2.28. The van der Waals surface area contributed by atoms with Gasteiger partial charge in [-0.2, -0.15) is 13.2 Å². The first-order valence-corrected chi connectivity index (χ1v) is 7.84. The third kappa shape index (κ3) is 3.75. The Labute approximate surface area is 154 Å². The van der Waals surface area contributed by atoms with Crippen LogP contribution in [-0.4, -0.2) is 17.7 Å². The molecule has 5 nitrogen and oxygen atoms in total. The number of alkyl halides is 3. The van der Waals surface area contributed by atoms with Crippen LogP contribution in [-0.2, 0) is 11.0 Å². The maximum Gasteiger partial charge on any atom is 0.450 e. The van der Waals surface area contributed by atoms with Gasteiger partial charge in [-0.1, -0.05) is 29.8 Å². The van der Waals surface area contributed by atoms with Crippen LogP contribution in [0.3, 0.4) is 0 Å². The highest BCUT2D eigenvalue weighted by atomic mass is 35.5. The van der Waals surface area contributed by atoms with Gasteiger partial charge in [0.05, 0.1) is 10.9 Å². The van der Waals surface area contributed by atoms with Crippen molar-refractivity contribution in [2.75, 3.05) is 6.61 Å². The summed E-state index contributed by atoms with van der Waals surface area (Å²) in [7, 11) is 0. The van der Waals surface area contributed by atoms with E-state index in [0.717, 1.165) is 6.07 Å². The molecule has 0 saturated carbocycles. The molecule has 0 aliphatic heterocycles. The van der Waals surface area contributed by atoms with E-state index in [0.29, 0.717) is 0 Å². The summed E-state index contributed by atoms with van der Waals surface area (Å²) in [6.45, 7) is -0.695. The van der Waals surface area contributed by atoms with Crippen molar-refractivity contribution < 1.29 is 32.2 Å². The zero-order valence-corrected chi connectivity index (χ0v) is 14.1. The maximum atomic E-state index is 13.5. The van der Waals surface area contributed by atoms with E-state index in [1.165, 1.54) is 36.4 Å². The van der Waals surface area contributed by atoms with Crippen molar-refractivity contribution in [2.24, 2.45) is 0 Å². The molecule has 27 heavy (non-hydrogen) atoms. The first-order chi connectivity index (χ1) is 12.7. The Hall–Kier alpha value is -3.00. The number of rotatable bonds is 4. The molecule has 0 spiro atoms. The van der Waals surface area contributed by atoms with Gasteiger partial charge in [-0.25, -0.2) is 4.79 Å². The summed E-state index contributed by atoms with van der Waals surface area (Å²) < 4.78 is 50.5. The van der Waals surface area contributed by atoms with Gasteiger partial charge >= 0.3 is 12.1 Å². The summed E-state index contributed by atoms with van der Waals surface area (Å²) in [5.74, 6) is -2.81. The third-order valence-corrected chi connectivity index (χ3v) is 3.96. The second-order valence-electron chi connectivity index (χ2n) is 5.45. The Bertz CT molecular complexity index is 1090. The average Bonchev–Trinajstić information content (AvgIpc) is 2.60. The van der Waals surface area contributed by atoms with Crippen LogP contribution in [0, 0.1) is 0 Å². The van der Waals surface area contributed by atoms with Crippen molar-refractivity contribution in [3.8, 4) is 16.9 Å². The fraction of sp³-hybridized carbons (Fsp3) is 0.111. The molecule has 1 aromatic heterocycles. The molecule has 2 aromatic carbocycles. The number of aliphatic carboxylic acids is 1. The van der Waals surface area contributed by atoms with Crippen LogP contribution >= 0.6 is 11.6 Å². The van der Waals surface area contributed by atoms with Crippen molar-refractivity contribution >= 4 is 28.5 Å². The lowest BCUT2D eigenvalue weighted by molar-refractivity contribution is -0.152. The lowest BCUT2D eigenvalue weighted by Crippen LogP contribution is -2.16. The molecule has 140 valence electrons. The van der Waals surface area contributed by atoms with Crippen molar-refractivity contribution in [2.45, 2.75) is 6.18 Å². The van der Waals surface area contributed by atoms with E-state index in [4.69, 9.17) is 25.9 Å². The fourth-order valence-corrected chi connectivity index (χ4v) is 2.75. The molecule has 1 N–H and O–H groups in total. The van der Waals surface area contributed by atoms with Crippen LogP contribution in [0.25, 0.3) is 22.1 Å². The number of halogens is 4. The van der Waals surface area contributed by atoms with E-state index >= 15 is 0 Å². The third-order valence-electron chi connectivity index (χ3n) is 3.63. The fourth-order valence-electron chi connectivity index (χ4n) is 2.52. The second-order valence-corrected chi connectivity index (χ2v) is 5.86. The molecule has 1 heterocycles. The van der Waals surface area contributed by atoms with Gasteiger partial charge in [0.25, 0.3) is 0 Å². The van der Waals surface area contributed by atoms with Crippen molar-refractivity contribution in [1.29, 1.82) is 0 Å². The number of hydrogen-bond acceptors (Lipinski definition) is 4. The summed E-state index contributed by atoms with van der Waals surface area (Å²) in [5.41, 5.74) is -2.10. The molecule has 0 aliphatic rings. The van der Waals surface area contributed by atoms with Crippen molar-refractivity contribution in [3.05, 3.63) is 63.5 Å². The lowest BCUT2D eigenvalue weighted by Gasteiger charge is -2.14. The summed E-state index contributed by atoms with van der Waals surface area (Å²) in [4.78, 5) is 23.3. The van der Waals surface area contributed by atoms with Crippen LogP contribution in [0.4, 0.5) is 13.2 Å². The minimum atomic E-state index is -4.96. The van der Waals surface area contributed by atoms with Crippen LogP contribution in [0.15, 0.2) is 51.7 Å². The zero-order chi connectivity index (χ0) is 19.8. The van der Waals surface area contributed by atoms with E-state index in [2.05, 4.69) is 0 Å². The van der Waals surface area contributed by atoms with Gasteiger partial charge in [0.2, 0.25) is 11.2 Å². The number of carboxylic acids is 1. The number of ether oxygens (including phenoxy) is 1. The van der Waals surface area contributed by atoms with Crippen LogP contribution < -0.4 is 10.2 Å². The minimum Gasteiger partial charge on any atom is -0.482 e. The van der Waals surface area contributed by atoms with Gasteiger partial charge in [-0.05, 0) is 18.2 Å². The Morgan fingerprint density at radius 3 is 2.52 bits per heavy atom. The van der Waals surface area contributed by atoms with Crippen molar-refractivity contribution in [3.63, 3.8) is 0 Å². The molecule has 0 bridgehead atoms. The Morgan fingerprint density at radius 2 is 1.89 bits per heavy atom. The largest absolute Gasteiger partial charge is 0.482 e. The summed E-state index contributed by atoms with van der Waals surface area (Å²) in [6.07, 6.45) is -4.96. The number of benzene rings is 2. The van der Waals surface area contributed by atoms with Crippen LogP contribution in [0.5, 0.6) is 5.75 Å². The van der Waals surface area contributed by atoms with Gasteiger partial charge in [0.1, 0.15) is 11.3 Å². The molecule has 0 radical (unpaired) electrons. The zero-order valence-electron chi connectivity index (χ0n) is 13.3. The van der Waals surface area contributed by atoms with Gasteiger partial charge in [0, 0.05) is 16.7 Å². The summed E-state index contributed by atoms with van der Waals surface area (Å²) >= 11 is 5.98. The number of hydrogen-bond donors (Lipinski definition) is 1. The molecule has 0 aliphatic carbocycles. The Morgan fingerprint density at radius 1 is 1.19 bits per heavy atom. The van der Waals surface area contributed by atoms with Gasteiger partial charge in [-0.3, -0.25) is 4.79 Å². The molecule has 3 aromatic rings. The number of carbonyl (C=O) groups is 1. The maximum absolute atomic E-state index is 13.5. The quantitative estimate of drug-likeness (QED) is 0.695. The smallest absolute Gasteiger partial charge is 0.450 e. The molecule has 0 saturated heterocycles. The van der Waals surface area contributed by atoms with Crippen molar-refractivity contribution in [1.82, 2.24) is 0 Å². The topological polar surface area (TPSA) is 76.7 Å². The molecule has 0 atom stereocenters. The second kappa shape index (κ2) is 6.96. The van der Waals surface area contributed by atoms with Gasteiger partial charge < -0.3 is 14.3 Å².